The third-order valence-corrected chi connectivity index (χ3v) is 4.01. The summed E-state index contributed by atoms with van der Waals surface area (Å²) >= 11 is 0. The Bertz CT molecular complexity index is 1000. The molecule has 6 nitrogen and oxygen atoms in total. The molecule has 0 saturated carbocycles. The van der Waals surface area contributed by atoms with Gasteiger partial charge in [0, 0.05) is 36.7 Å². The molecule has 1 heterocycles. The van der Waals surface area contributed by atoms with E-state index in [1.165, 1.54) is 12.5 Å². The van der Waals surface area contributed by atoms with Gasteiger partial charge >= 0.3 is 0 Å². The van der Waals surface area contributed by atoms with Gasteiger partial charge in [-0.25, -0.2) is 0 Å². The molecule has 1 aromatic heterocycles. The zero-order valence-corrected chi connectivity index (χ0v) is 15.8. The minimum Gasteiger partial charge on any atom is -0.381 e. The maximum atomic E-state index is 12.5. The molecular weight excluding hydrogens is 352 g/mol. The number of aromatic nitrogens is 1. The zero-order valence-electron chi connectivity index (χ0n) is 15.8. The summed E-state index contributed by atoms with van der Waals surface area (Å²) in [5.41, 5.74) is 4.68. The molecular formula is C22H22N4O2. The second-order valence-corrected chi connectivity index (χ2v) is 6.49. The van der Waals surface area contributed by atoms with Gasteiger partial charge in [-0.15, -0.1) is 0 Å². The first-order valence-electron chi connectivity index (χ1n) is 8.94. The van der Waals surface area contributed by atoms with Crippen LogP contribution < -0.4 is 16.0 Å². The number of hydrogen-bond acceptors (Lipinski definition) is 4. The molecule has 0 aliphatic heterocycles. The van der Waals surface area contributed by atoms with Crippen LogP contribution in [0.1, 0.15) is 28.5 Å². The highest BCUT2D eigenvalue weighted by Crippen LogP contribution is 2.17. The summed E-state index contributed by atoms with van der Waals surface area (Å²) in [5, 5.41) is 8.80. The smallest absolute Gasteiger partial charge is 0.274 e. The lowest BCUT2D eigenvalue weighted by Gasteiger charge is -2.10. The van der Waals surface area contributed by atoms with Crippen LogP contribution in [0.4, 0.5) is 17.1 Å². The Hall–Kier alpha value is -3.67. The fraction of sp³-hybridized carbons (Fsp3) is 0.136. The van der Waals surface area contributed by atoms with Crippen molar-refractivity contribution in [3.8, 4) is 0 Å². The number of hydrogen-bond donors (Lipinski definition) is 3. The average Bonchev–Trinajstić information content (AvgIpc) is 2.66. The highest BCUT2D eigenvalue weighted by Gasteiger charge is 2.09. The highest BCUT2D eigenvalue weighted by atomic mass is 16.2. The van der Waals surface area contributed by atoms with E-state index in [9.17, 15) is 9.59 Å². The Morgan fingerprint density at radius 3 is 2.39 bits per heavy atom. The molecule has 3 rings (SSSR count). The summed E-state index contributed by atoms with van der Waals surface area (Å²) in [7, 11) is 0. The van der Waals surface area contributed by atoms with E-state index in [-0.39, 0.29) is 11.8 Å². The van der Waals surface area contributed by atoms with E-state index in [2.05, 4.69) is 46.1 Å². The van der Waals surface area contributed by atoms with Crippen LogP contribution in [-0.2, 0) is 11.3 Å². The van der Waals surface area contributed by atoms with Crippen LogP contribution in [0, 0.1) is 6.92 Å². The van der Waals surface area contributed by atoms with Crippen LogP contribution in [0.2, 0.25) is 0 Å². The SMILES string of the molecule is CC(=O)Nc1cccc(NC(=O)c2cc(NCc3cccc(C)c3)ccn2)c1. The standard InChI is InChI=1S/C22H22N4O2/c1-15-5-3-6-17(11-15)14-24-18-9-10-23-21(13-18)22(28)26-20-8-4-7-19(12-20)25-16(2)27/h3-13H,14H2,1-2H3,(H,23,24)(H,25,27)(H,26,28). The fourth-order valence-electron chi connectivity index (χ4n) is 2.76. The summed E-state index contributed by atoms with van der Waals surface area (Å²) in [6.45, 7) is 4.15. The van der Waals surface area contributed by atoms with Crippen molar-refractivity contribution in [3.63, 3.8) is 0 Å². The van der Waals surface area contributed by atoms with E-state index in [1.54, 1.807) is 36.5 Å². The predicted octanol–water partition coefficient (Wildman–Crippen LogP) is 4.21. The van der Waals surface area contributed by atoms with Crippen LogP contribution in [0.5, 0.6) is 0 Å². The van der Waals surface area contributed by atoms with Crippen molar-refractivity contribution in [2.75, 3.05) is 16.0 Å². The number of carbonyl (C=O) groups is 2. The van der Waals surface area contributed by atoms with Crippen molar-refractivity contribution in [1.29, 1.82) is 0 Å². The number of aryl methyl sites for hydroxylation is 1. The van der Waals surface area contributed by atoms with Crippen LogP contribution in [0.25, 0.3) is 0 Å². The Balaban J connectivity index is 1.66. The molecule has 3 N–H and O–H groups in total. The van der Waals surface area contributed by atoms with E-state index in [4.69, 9.17) is 0 Å². The van der Waals surface area contributed by atoms with Gasteiger partial charge in [0.05, 0.1) is 0 Å². The average molecular weight is 374 g/mol. The number of rotatable bonds is 6. The van der Waals surface area contributed by atoms with Crippen LogP contribution in [0.15, 0.2) is 66.9 Å². The van der Waals surface area contributed by atoms with E-state index in [0.717, 1.165) is 11.3 Å². The number of carbonyl (C=O) groups excluding carboxylic acids is 2. The van der Waals surface area contributed by atoms with Gasteiger partial charge in [0.2, 0.25) is 5.91 Å². The molecule has 0 bridgehead atoms. The molecule has 0 spiro atoms. The monoisotopic (exact) mass is 374 g/mol. The first-order chi connectivity index (χ1) is 13.5. The van der Waals surface area contributed by atoms with Crippen molar-refractivity contribution < 1.29 is 9.59 Å². The molecule has 0 radical (unpaired) electrons. The number of nitrogens with zero attached hydrogens (tertiary/aromatic N) is 1. The third-order valence-electron chi connectivity index (χ3n) is 4.01. The van der Waals surface area contributed by atoms with Gasteiger partial charge in [0.1, 0.15) is 5.69 Å². The largest absolute Gasteiger partial charge is 0.381 e. The molecule has 0 aliphatic rings. The summed E-state index contributed by atoms with van der Waals surface area (Å²) in [5.74, 6) is -0.489. The van der Waals surface area contributed by atoms with Gasteiger partial charge in [-0.2, -0.15) is 0 Å². The van der Waals surface area contributed by atoms with Gasteiger partial charge in [0.15, 0.2) is 0 Å². The quantitative estimate of drug-likeness (QED) is 0.603. The lowest BCUT2D eigenvalue weighted by atomic mass is 10.1. The first-order valence-corrected chi connectivity index (χ1v) is 8.94. The molecule has 0 atom stereocenters. The fourth-order valence-corrected chi connectivity index (χ4v) is 2.76. The summed E-state index contributed by atoms with van der Waals surface area (Å²) in [4.78, 5) is 27.9. The number of amides is 2. The predicted molar refractivity (Wildman–Crippen MR) is 111 cm³/mol. The summed E-state index contributed by atoms with van der Waals surface area (Å²) in [6.07, 6.45) is 1.60. The molecule has 2 aromatic carbocycles. The minimum absolute atomic E-state index is 0.169. The molecule has 0 aliphatic carbocycles. The van der Waals surface area contributed by atoms with Gasteiger partial charge in [-0.05, 0) is 42.8 Å². The second-order valence-electron chi connectivity index (χ2n) is 6.49. The minimum atomic E-state index is -0.320. The van der Waals surface area contributed by atoms with Gasteiger partial charge in [0.25, 0.3) is 5.91 Å². The topological polar surface area (TPSA) is 83.1 Å². The number of benzene rings is 2. The van der Waals surface area contributed by atoms with Crippen molar-refractivity contribution in [2.45, 2.75) is 20.4 Å². The van der Waals surface area contributed by atoms with Gasteiger partial charge < -0.3 is 16.0 Å². The van der Waals surface area contributed by atoms with Gasteiger partial charge in [-0.3, -0.25) is 14.6 Å². The maximum Gasteiger partial charge on any atom is 0.274 e. The second kappa shape index (κ2) is 8.81. The van der Waals surface area contributed by atoms with E-state index >= 15 is 0 Å². The van der Waals surface area contributed by atoms with Crippen molar-refractivity contribution in [1.82, 2.24) is 4.98 Å². The zero-order chi connectivity index (χ0) is 19.9. The molecule has 0 saturated heterocycles. The van der Waals surface area contributed by atoms with Crippen molar-refractivity contribution in [2.24, 2.45) is 0 Å². The number of anilines is 3. The van der Waals surface area contributed by atoms with Crippen LogP contribution in [0.3, 0.4) is 0 Å². The molecule has 28 heavy (non-hydrogen) atoms. The number of pyridine rings is 1. The Labute approximate surface area is 164 Å². The first kappa shape index (κ1) is 19.1. The summed E-state index contributed by atoms with van der Waals surface area (Å²) < 4.78 is 0. The molecule has 0 unspecified atom stereocenters. The molecule has 6 heteroatoms. The van der Waals surface area contributed by atoms with E-state index < -0.39 is 0 Å². The van der Waals surface area contributed by atoms with Crippen molar-refractivity contribution in [3.05, 3.63) is 83.7 Å². The van der Waals surface area contributed by atoms with Crippen LogP contribution in [-0.4, -0.2) is 16.8 Å². The Kier molecular flexibility index (Phi) is 6.01. The Morgan fingerprint density at radius 1 is 0.893 bits per heavy atom. The lowest BCUT2D eigenvalue weighted by Crippen LogP contribution is -2.14. The van der Waals surface area contributed by atoms with Crippen LogP contribution >= 0.6 is 0 Å². The van der Waals surface area contributed by atoms with E-state index in [0.29, 0.717) is 23.6 Å². The molecule has 2 amide bonds. The van der Waals surface area contributed by atoms with E-state index in [1.807, 2.05) is 12.1 Å². The molecule has 3 aromatic rings. The lowest BCUT2D eigenvalue weighted by molar-refractivity contribution is -0.114. The maximum absolute atomic E-state index is 12.5. The Morgan fingerprint density at radius 2 is 1.64 bits per heavy atom. The third kappa shape index (κ3) is 5.41. The molecule has 142 valence electrons. The van der Waals surface area contributed by atoms with Crippen molar-refractivity contribution >= 4 is 28.9 Å². The van der Waals surface area contributed by atoms with Gasteiger partial charge in [-0.1, -0.05) is 35.9 Å². The summed E-state index contributed by atoms with van der Waals surface area (Å²) in [6, 6.07) is 18.7. The molecule has 0 fully saturated rings. The highest BCUT2D eigenvalue weighted by molar-refractivity contribution is 6.03. The normalized spacial score (nSPS) is 10.2. The number of nitrogens with one attached hydrogen (secondary N) is 3.